The Labute approximate surface area is 182 Å². The molecule has 0 aliphatic carbocycles. The van der Waals surface area contributed by atoms with Crippen LogP contribution in [0, 0.1) is 11.3 Å². The van der Waals surface area contributed by atoms with Crippen molar-refractivity contribution in [1.82, 2.24) is 9.62 Å². The SMILES string of the molecule is CC(C)c1ccc(CC(=O)N2CCC2(C)C(=O)NS(=O)(=O)c2cccc(C#N)c2)cc1. The van der Waals surface area contributed by atoms with Crippen LogP contribution in [0.25, 0.3) is 0 Å². The molecule has 7 nitrogen and oxygen atoms in total. The van der Waals surface area contributed by atoms with Gasteiger partial charge in [-0.3, -0.25) is 9.59 Å². The van der Waals surface area contributed by atoms with Crippen molar-refractivity contribution in [2.24, 2.45) is 0 Å². The topological polar surface area (TPSA) is 107 Å². The lowest BCUT2D eigenvalue weighted by molar-refractivity contribution is -0.156. The fraction of sp³-hybridized carbons (Fsp3) is 0.348. The van der Waals surface area contributed by atoms with Gasteiger partial charge >= 0.3 is 0 Å². The lowest BCUT2D eigenvalue weighted by atomic mass is 9.85. The number of nitrogens with zero attached hydrogens (tertiary/aromatic N) is 2. The molecule has 1 fully saturated rings. The van der Waals surface area contributed by atoms with Gasteiger partial charge in [-0.2, -0.15) is 5.26 Å². The lowest BCUT2D eigenvalue weighted by Gasteiger charge is -2.49. The minimum absolute atomic E-state index is 0.137. The van der Waals surface area contributed by atoms with Crippen LogP contribution in [0.3, 0.4) is 0 Å². The van der Waals surface area contributed by atoms with Crippen LogP contribution in [0.4, 0.5) is 0 Å². The third-order valence-corrected chi connectivity index (χ3v) is 7.04. The summed E-state index contributed by atoms with van der Waals surface area (Å²) >= 11 is 0. The molecule has 1 saturated heterocycles. The lowest BCUT2D eigenvalue weighted by Crippen LogP contribution is -2.68. The predicted octanol–water partition coefficient (Wildman–Crippen LogP) is 2.72. The first-order valence-electron chi connectivity index (χ1n) is 10.0. The number of amides is 2. The van der Waals surface area contributed by atoms with E-state index in [0.29, 0.717) is 18.9 Å². The van der Waals surface area contributed by atoms with E-state index in [0.717, 1.165) is 5.56 Å². The van der Waals surface area contributed by atoms with Crippen molar-refractivity contribution < 1.29 is 18.0 Å². The fourth-order valence-corrected chi connectivity index (χ4v) is 4.63. The van der Waals surface area contributed by atoms with E-state index in [1.54, 1.807) is 6.92 Å². The van der Waals surface area contributed by atoms with Crippen molar-refractivity contribution in [2.75, 3.05) is 6.54 Å². The van der Waals surface area contributed by atoms with E-state index in [1.165, 1.54) is 34.7 Å². The number of hydrogen-bond acceptors (Lipinski definition) is 5. The summed E-state index contributed by atoms with van der Waals surface area (Å²) < 4.78 is 27.3. The largest absolute Gasteiger partial charge is 0.328 e. The average molecular weight is 440 g/mol. The van der Waals surface area contributed by atoms with Gasteiger partial charge in [-0.05, 0) is 48.6 Å². The zero-order valence-corrected chi connectivity index (χ0v) is 18.6. The zero-order chi connectivity index (χ0) is 22.8. The Morgan fingerprint density at radius 2 is 1.87 bits per heavy atom. The number of nitriles is 1. The van der Waals surface area contributed by atoms with Crippen molar-refractivity contribution in [3.8, 4) is 6.07 Å². The van der Waals surface area contributed by atoms with Gasteiger partial charge in [0.25, 0.3) is 15.9 Å². The van der Waals surface area contributed by atoms with E-state index in [-0.39, 0.29) is 22.8 Å². The number of carbonyl (C=O) groups is 2. The minimum Gasteiger partial charge on any atom is -0.328 e. The average Bonchev–Trinajstić information content (AvgIpc) is 2.72. The van der Waals surface area contributed by atoms with E-state index < -0.39 is 21.5 Å². The number of rotatable bonds is 6. The van der Waals surface area contributed by atoms with Gasteiger partial charge in [-0.15, -0.1) is 0 Å². The Bertz CT molecular complexity index is 1150. The van der Waals surface area contributed by atoms with E-state index in [4.69, 9.17) is 5.26 Å². The molecular weight excluding hydrogens is 414 g/mol. The van der Waals surface area contributed by atoms with E-state index in [2.05, 4.69) is 18.6 Å². The summed E-state index contributed by atoms with van der Waals surface area (Å²) in [6.45, 7) is 6.13. The van der Waals surface area contributed by atoms with Crippen LogP contribution in [-0.2, 0) is 26.0 Å². The summed E-state index contributed by atoms with van der Waals surface area (Å²) in [5.74, 6) is -0.599. The Hall–Kier alpha value is -3.18. The minimum atomic E-state index is -4.16. The smallest absolute Gasteiger partial charge is 0.264 e. The monoisotopic (exact) mass is 439 g/mol. The van der Waals surface area contributed by atoms with Crippen LogP contribution in [0.5, 0.6) is 0 Å². The van der Waals surface area contributed by atoms with Crippen LogP contribution >= 0.6 is 0 Å². The van der Waals surface area contributed by atoms with Gasteiger partial charge in [0.05, 0.1) is 22.9 Å². The van der Waals surface area contributed by atoms with Crippen LogP contribution in [0.1, 0.15) is 49.8 Å². The van der Waals surface area contributed by atoms with Crippen LogP contribution in [0.15, 0.2) is 53.4 Å². The molecular formula is C23H25N3O4S. The Morgan fingerprint density at radius 1 is 1.19 bits per heavy atom. The van der Waals surface area contributed by atoms with Gasteiger partial charge in [-0.25, -0.2) is 13.1 Å². The number of carbonyl (C=O) groups excluding carboxylic acids is 2. The van der Waals surface area contributed by atoms with Gasteiger partial charge in [0.15, 0.2) is 0 Å². The van der Waals surface area contributed by atoms with Crippen molar-refractivity contribution in [3.63, 3.8) is 0 Å². The number of sulfonamides is 1. The summed E-state index contributed by atoms with van der Waals surface area (Å²) in [5.41, 5.74) is 0.944. The van der Waals surface area contributed by atoms with Crippen molar-refractivity contribution in [1.29, 1.82) is 5.26 Å². The standard InChI is InChI=1S/C23H25N3O4S/c1-16(2)19-9-7-17(8-10-19)14-21(27)26-12-11-23(26,3)22(28)25-31(29,30)20-6-4-5-18(13-20)15-24/h4-10,13,16H,11-12,14H2,1-3H3,(H,25,28). The molecule has 8 heteroatoms. The normalized spacial score (nSPS) is 18.2. The van der Waals surface area contributed by atoms with Crippen molar-refractivity contribution >= 4 is 21.8 Å². The highest BCUT2D eigenvalue weighted by atomic mass is 32.2. The second-order valence-electron chi connectivity index (χ2n) is 8.22. The molecule has 0 saturated carbocycles. The maximum absolute atomic E-state index is 12.8. The highest BCUT2D eigenvalue weighted by Gasteiger charge is 2.50. The number of benzene rings is 2. The molecule has 0 radical (unpaired) electrons. The molecule has 3 rings (SSSR count). The molecule has 2 aromatic rings. The molecule has 0 spiro atoms. The first kappa shape index (κ1) is 22.5. The molecule has 0 bridgehead atoms. The predicted molar refractivity (Wildman–Crippen MR) is 115 cm³/mol. The number of likely N-dealkylation sites (tertiary alicyclic amines) is 1. The number of hydrogen-bond donors (Lipinski definition) is 1. The molecule has 1 unspecified atom stereocenters. The maximum atomic E-state index is 12.8. The summed E-state index contributed by atoms with van der Waals surface area (Å²) in [4.78, 5) is 26.9. The van der Waals surface area contributed by atoms with Gasteiger partial charge in [0.1, 0.15) is 5.54 Å². The van der Waals surface area contributed by atoms with Crippen molar-refractivity contribution in [3.05, 3.63) is 65.2 Å². The van der Waals surface area contributed by atoms with E-state index >= 15 is 0 Å². The van der Waals surface area contributed by atoms with Crippen LogP contribution < -0.4 is 4.72 Å². The van der Waals surface area contributed by atoms with E-state index in [1.807, 2.05) is 30.3 Å². The highest BCUT2D eigenvalue weighted by molar-refractivity contribution is 7.90. The molecule has 162 valence electrons. The second-order valence-corrected chi connectivity index (χ2v) is 9.90. The molecule has 1 N–H and O–H groups in total. The fourth-order valence-electron chi connectivity index (χ4n) is 3.51. The Kier molecular flexibility index (Phi) is 6.18. The summed E-state index contributed by atoms with van der Waals surface area (Å²) in [5, 5.41) is 8.97. The van der Waals surface area contributed by atoms with E-state index in [9.17, 15) is 18.0 Å². The summed E-state index contributed by atoms with van der Waals surface area (Å²) in [6.07, 6.45) is 0.503. The first-order chi connectivity index (χ1) is 14.6. The van der Waals surface area contributed by atoms with Gasteiger partial charge < -0.3 is 4.90 Å². The Balaban J connectivity index is 1.71. The molecule has 0 aromatic heterocycles. The van der Waals surface area contributed by atoms with Gasteiger partial charge in [0.2, 0.25) is 5.91 Å². The molecule has 31 heavy (non-hydrogen) atoms. The number of nitrogens with one attached hydrogen (secondary N) is 1. The Morgan fingerprint density at radius 3 is 2.42 bits per heavy atom. The van der Waals surface area contributed by atoms with Crippen LogP contribution in [-0.4, -0.2) is 37.2 Å². The molecule has 1 aliphatic heterocycles. The molecule has 1 aliphatic rings. The van der Waals surface area contributed by atoms with Crippen LogP contribution in [0.2, 0.25) is 0 Å². The first-order valence-corrected chi connectivity index (χ1v) is 11.5. The third kappa shape index (κ3) is 4.62. The zero-order valence-electron chi connectivity index (χ0n) is 17.8. The summed E-state index contributed by atoms with van der Waals surface area (Å²) in [6, 6.07) is 15.1. The van der Waals surface area contributed by atoms with Gasteiger partial charge in [0, 0.05) is 6.54 Å². The second kappa shape index (κ2) is 8.52. The quantitative estimate of drug-likeness (QED) is 0.745. The third-order valence-electron chi connectivity index (χ3n) is 5.71. The molecule has 2 amide bonds. The highest BCUT2D eigenvalue weighted by Crippen LogP contribution is 2.32. The summed E-state index contributed by atoms with van der Waals surface area (Å²) in [7, 11) is -4.16. The van der Waals surface area contributed by atoms with Crippen molar-refractivity contribution in [2.45, 2.75) is 50.0 Å². The molecule has 1 atom stereocenters. The molecule has 2 aromatic carbocycles. The molecule has 1 heterocycles. The maximum Gasteiger partial charge on any atom is 0.264 e. The van der Waals surface area contributed by atoms with Gasteiger partial charge in [-0.1, -0.05) is 44.2 Å².